The van der Waals surface area contributed by atoms with Gasteiger partial charge in [0, 0.05) is 7.05 Å². The summed E-state index contributed by atoms with van der Waals surface area (Å²) in [6.45, 7) is 0. The summed E-state index contributed by atoms with van der Waals surface area (Å²) in [5.41, 5.74) is 1.22. The molecule has 2 aromatic heterocycles. The number of carboxylic acids is 1. The zero-order valence-electron chi connectivity index (χ0n) is 8.03. The van der Waals surface area contributed by atoms with Gasteiger partial charge in [-0.2, -0.15) is 5.10 Å². The highest BCUT2D eigenvalue weighted by molar-refractivity contribution is 5.69. The van der Waals surface area contributed by atoms with Crippen LogP contribution in [0.15, 0.2) is 18.6 Å². The Labute approximate surface area is 84.9 Å². The third kappa shape index (κ3) is 1.85. The molecule has 2 aromatic rings. The Morgan fingerprint density at radius 2 is 2.33 bits per heavy atom. The van der Waals surface area contributed by atoms with E-state index in [2.05, 4.69) is 15.4 Å². The van der Waals surface area contributed by atoms with Crippen molar-refractivity contribution in [1.82, 2.24) is 24.8 Å². The van der Waals surface area contributed by atoms with Gasteiger partial charge in [-0.3, -0.25) is 9.48 Å². The summed E-state index contributed by atoms with van der Waals surface area (Å²) >= 11 is 0. The molecule has 0 aliphatic carbocycles. The number of nitrogens with zero attached hydrogens (tertiary/aromatic N) is 5. The van der Waals surface area contributed by atoms with Gasteiger partial charge in [0.05, 0.1) is 30.7 Å². The number of rotatable bonds is 3. The number of aromatic nitrogens is 5. The molecular weight excluding hydrogens is 198 g/mol. The van der Waals surface area contributed by atoms with Gasteiger partial charge in [-0.1, -0.05) is 5.21 Å². The van der Waals surface area contributed by atoms with Crippen molar-refractivity contribution in [3.05, 3.63) is 24.3 Å². The molecule has 0 saturated heterocycles. The lowest BCUT2D eigenvalue weighted by atomic mass is 10.3. The van der Waals surface area contributed by atoms with E-state index in [4.69, 9.17) is 5.11 Å². The van der Waals surface area contributed by atoms with Crippen molar-refractivity contribution in [2.45, 2.75) is 6.42 Å². The van der Waals surface area contributed by atoms with Gasteiger partial charge in [0.1, 0.15) is 5.69 Å². The molecule has 15 heavy (non-hydrogen) atoms. The Kier molecular flexibility index (Phi) is 2.20. The van der Waals surface area contributed by atoms with Crippen LogP contribution in [0.5, 0.6) is 0 Å². The van der Waals surface area contributed by atoms with E-state index >= 15 is 0 Å². The molecule has 0 atom stereocenters. The molecule has 78 valence electrons. The second-order valence-corrected chi connectivity index (χ2v) is 3.08. The van der Waals surface area contributed by atoms with Crippen LogP contribution in [0.3, 0.4) is 0 Å². The molecule has 0 spiro atoms. The van der Waals surface area contributed by atoms with Crippen LogP contribution in [-0.4, -0.2) is 35.9 Å². The monoisotopic (exact) mass is 207 g/mol. The smallest absolute Gasteiger partial charge is 0.309 e. The Hall–Kier alpha value is -2.18. The van der Waals surface area contributed by atoms with Gasteiger partial charge in [-0.15, -0.1) is 5.10 Å². The summed E-state index contributed by atoms with van der Waals surface area (Å²) in [5, 5.41) is 20.1. The van der Waals surface area contributed by atoms with Crippen LogP contribution in [0, 0.1) is 0 Å². The lowest BCUT2D eigenvalue weighted by Crippen LogP contribution is -2.07. The van der Waals surface area contributed by atoms with Crippen LogP contribution in [0.4, 0.5) is 0 Å². The predicted molar refractivity (Wildman–Crippen MR) is 49.5 cm³/mol. The molecule has 0 aliphatic rings. The molecule has 0 radical (unpaired) electrons. The molecule has 7 heteroatoms. The van der Waals surface area contributed by atoms with Crippen molar-refractivity contribution < 1.29 is 9.90 Å². The van der Waals surface area contributed by atoms with E-state index in [0.29, 0.717) is 11.4 Å². The van der Waals surface area contributed by atoms with Gasteiger partial charge in [-0.25, -0.2) is 4.68 Å². The first-order chi connectivity index (χ1) is 7.16. The van der Waals surface area contributed by atoms with Crippen molar-refractivity contribution in [1.29, 1.82) is 0 Å². The molecule has 0 saturated carbocycles. The highest BCUT2D eigenvalue weighted by atomic mass is 16.4. The molecule has 0 fully saturated rings. The minimum absolute atomic E-state index is 0.109. The molecule has 0 bridgehead atoms. The maximum atomic E-state index is 10.6. The first-order valence-electron chi connectivity index (χ1n) is 4.27. The standard InChI is InChI=1S/C8H9N5O2/c1-12-5-7(4-10-12)13-6(2-8(14)15)3-9-11-13/h3-5H,2H2,1H3,(H,14,15). The number of hydrogen-bond acceptors (Lipinski definition) is 4. The summed E-state index contributed by atoms with van der Waals surface area (Å²) in [6, 6.07) is 0. The zero-order valence-corrected chi connectivity index (χ0v) is 8.03. The fourth-order valence-corrected chi connectivity index (χ4v) is 1.27. The topological polar surface area (TPSA) is 85.8 Å². The maximum absolute atomic E-state index is 10.6. The van der Waals surface area contributed by atoms with Crippen molar-refractivity contribution >= 4 is 5.97 Å². The van der Waals surface area contributed by atoms with Crippen LogP contribution >= 0.6 is 0 Å². The molecule has 2 heterocycles. The Balaban J connectivity index is 2.36. The van der Waals surface area contributed by atoms with Gasteiger partial charge in [-0.05, 0) is 0 Å². The molecule has 0 aliphatic heterocycles. The molecule has 1 N–H and O–H groups in total. The summed E-state index contributed by atoms with van der Waals surface area (Å²) in [7, 11) is 1.78. The largest absolute Gasteiger partial charge is 0.481 e. The number of hydrogen-bond donors (Lipinski definition) is 1. The molecular formula is C8H9N5O2. The van der Waals surface area contributed by atoms with Gasteiger partial charge in [0.15, 0.2) is 0 Å². The van der Waals surface area contributed by atoms with Gasteiger partial charge in [0.2, 0.25) is 0 Å². The normalized spacial score (nSPS) is 10.5. The van der Waals surface area contributed by atoms with Gasteiger partial charge in [0.25, 0.3) is 0 Å². The van der Waals surface area contributed by atoms with Crippen LogP contribution in [-0.2, 0) is 18.3 Å². The first kappa shape index (κ1) is 9.38. The fraction of sp³-hybridized carbons (Fsp3) is 0.250. The average Bonchev–Trinajstić information content (AvgIpc) is 2.72. The Morgan fingerprint density at radius 3 is 2.93 bits per heavy atom. The van der Waals surface area contributed by atoms with Crippen molar-refractivity contribution in [2.75, 3.05) is 0 Å². The van der Waals surface area contributed by atoms with Crippen molar-refractivity contribution in [3.8, 4) is 5.69 Å². The van der Waals surface area contributed by atoms with E-state index in [1.807, 2.05) is 0 Å². The lowest BCUT2D eigenvalue weighted by molar-refractivity contribution is -0.136. The van der Waals surface area contributed by atoms with Crippen LogP contribution in [0.1, 0.15) is 5.69 Å². The Morgan fingerprint density at radius 1 is 1.53 bits per heavy atom. The second-order valence-electron chi connectivity index (χ2n) is 3.08. The number of aliphatic carboxylic acids is 1. The van der Waals surface area contributed by atoms with E-state index in [-0.39, 0.29) is 6.42 Å². The van der Waals surface area contributed by atoms with Crippen LogP contribution < -0.4 is 0 Å². The SMILES string of the molecule is Cn1cc(-n2nncc2CC(=O)O)cn1. The quantitative estimate of drug-likeness (QED) is 0.742. The summed E-state index contributed by atoms with van der Waals surface area (Å²) < 4.78 is 3.07. The number of carbonyl (C=O) groups is 1. The Bertz CT molecular complexity index is 487. The lowest BCUT2D eigenvalue weighted by Gasteiger charge is -1.99. The fourth-order valence-electron chi connectivity index (χ4n) is 1.27. The summed E-state index contributed by atoms with van der Waals surface area (Å²) in [6.07, 6.45) is 4.66. The molecule has 7 nitrogen and oxygen atoms in total. The second kappa shape index (κ2) is 3.52. The van der Waals surface area contributed by atoms with E-state index < -0.39 is 5.97 Å². The van der Waals surface area contributed by atoms with E-state index in [1.54, 1.807) is 24.1 Å². The van der Waals surface area contributed by atoms with E-state index in [0.717, 1.165) is 0 Å². The van der Waals surface area contributed by atoms with E-state index in [9.17, 15) is 4.79 Å². The molecule has 2 rings (SSSR count). The highest BCUT2D eigenvalue weighted by Crippen LogP contribution is 2.07. The van der Waals surface area contributed by atoms with Gasteiger partial charge >= 0.3 is 5.97 Å². The molecule has 0 amide bonds. The molecule has 0 unspecified atom stereocenters. The third-order valence-corrected chi connectivity index (χ3v) is 1.89. The third-order valence-electron chi connectivity index (χ3n) is 1.89. The minimum atomic E-state index is -0.914. The predicted octanol–water partition coefficient (Wildman–Crippen LogP) is -0.372. The number of carboxylic acid groups (broad SMARTS) is 1. The van der Waals surface area contributed by atoms with Gasteiger partial charge < -0.3 is 5.11 Å². The van der Waals surface area contributed by atoms with Crippen molar-refractivity contribution in [2.24, 2.45) is 7.05 Å². The number of aryl methyl sites for hydroxylation is 1. The van der Waals surface area contributed by atoms with E-state index in [1.165, 1.54) is 10.9 Å². The molecule has 0 aromatic carbocycles. The average molecular weight is 207 g/mol. The summed E-state index contributed by atoms with van der Waals surface area (Å²) in [5.74, 6) is -0.914. The van der Waals surface area contributed by atoms with Crippen LogP contribution in [0.25, 0.3) is 5.69 Å². The van der Waals surface area contributed by atoms with Crippen LogP contribution in [0.2, 0.25) is 0 Å². The minimum Gasteiger partial charge on any atom is -0.481 e. The van der Waals surface area contributed by atoms with Crippen molar-refractivity contribution in [3.63, 3.8) is 0 Å². The highest BCUT2D eigenvalue weighted by Gasteiger charge is 2.10. The maximum Gasteiger partial charge on any atom is 0.309 e. The first-order valence-corrected chi connectivity index (χ1v) is 4.27. The zero-order chi connectivity index (χ0) is 10.8. The summed E-state index contributed by atoms with van der Waals surface area (Å²) in [4.78, 5) is 10.6.